The Morgan fingerprint density at radius 1 is 1.11 bits per heavy atom. The van der Waals surface area contributed by atoms with Crippen molar-refractivity contribution in [2.24, 2.45) is 17.8 Å². The summed E-state index contributed by atoms with van der Waals surface area (Å²) in [5.41, 5.74) is 0.870. The number of nitrogens with one attached hydrogen (secondary N) is 1. The van der Waals surface area contributed by atoms with Gasteiger partial charge >= 0.3 is 5.97 Å². The monoisotopic (exact) mass is 391 g/mol. The van der Waals surface area contributed by atoms with Crippen molar-refractivity contribution in [3.05, 3.63) is 35.9 Å². The summed E-state index contributed by atoms with van der Waals surface area (Å²) in [5.74, 6) is 1.07. The van der Waals surface area contributed by atoms with E-state index in [9.17, 15) is 9.59 Å². The van der Waals surface area contributed by atoms with Crippen LogP contribution in [0.3, 0.4) is 0 Å². The molecular weight excluding hydrogens is 350 g/mol. The van der Waals surface area contributed by atoms with Crippen molar-refractivity contribution >= 4 is 12.3 Å². The maximum absolute atomic E-state index is 12.2. The molecule has 0 saturated heterocycles. The molecule has 0 spiro atoms. The molecule has 0 aromatic heterocycles. The fourth-order valence-corrected chi connectivity index (χ4v) is 2.54. The standard InChI is InChI=1S/C20H33NO2.C4H8O/c1-16(2)15-21-12-11-18(13-17-9-7-6-8-10-17)14-19(22)23-20(3,4)5;1-4(2)3-5/h6-10,16,18,21H,11-15H2,1-5H3;3-4H,1-2H3/t18-;/m1./s1. The molecule has 0 fully saturated rings. The highest BCUT2D eigenvalue weighted by molar-refractivity contribution is 5.70. The van der Waals surface area contributed by atoms with Crippen LogP contribution < -0.4 is 5.32 Å². The van der Waals surface area contributed by atoms with Crippen molar-refractivity contribution < 1.29 is 14.3 Å². The van der Waals surface area contributed by atoms with Crippen LogP contribution in [-0.2, 0) is 20.7 Å². The predicted octanol–water partition coefficient (Wildman–Crippen LogP) is 5.05. The lowest BCUT2D eigenvalue weighted by Gasteiger charge is -2.22. The molecule has 0 saturated carbocycles. The molecule has 0 amide bonds. The number of carbonyl (C=O) groups excluding carboxylic acids is 2. The average molecular weight is 392 g/mol. The maximum Gasteiger partial charge on any atom is 0.306 e. The summed E-state index contributed by atoms with van der Waals surface area (Å²) in [7, 11) is 0. The summed E-state index contributed by atoms with van der Waals surface area (Å²) in [6.07, 6.45) is 3.31. The molecule has 28 heavy (non-hydrogen) atoms. The zero-order valence-electron chi connectivity index (χ0n) is 19.0. The highest BCUT2D eigenvalue weighted by Crippen LogP contribution is 2.19. The van der Waals surface area contributed by atoms with Gasteiger partial charge in [0.1, 0.15) is 11.9 Å². The third kappa shape index (κ3) is 16.5. The quantitative estimate of drug-likeness (QED) is 0.344. The Bertz CT molecular complexity index is 533. The molecule has 4 nitrogen and oxygen atoms in total. The Morgan fingerprint density at radius 3 is 2.14 bits per heavy atom. The summed E-state index contributed by atoms with van der Waals surface area (Å²) < 4.78 is 5.49. The smallest absolute Gasteiger partial charge is 0.306 e. The van der Waals surface area contributed by atoms with Crippen molar-refractivity contribution in [2.75, 3.05) is 13.1 Å². The largest absolute Gasteiger partial charge is 0.460 e. The average Bonchev–Trinajstić information content (AvgIpc) is 2.58. The minimum Gasteiger partial charge on any atom is -0.460 e. The lowest BCUT2D eigenvalue weighted by molar-refractivity contribution is -0.156. The second-order valence-corrected chi connectivity index (χ2v) is 9.11. The highest BCUT2D eigenvalue weighted by atomic mass is 16.6. The zero-order chi connectivity index (χ0) is 21.6. The van der Waals surface area contributed by atoms with Crippen LogP contribution in [0.25, 0.3) is 0 Å². The Labute approximate surface area is 172 Å². The summed E-state index contributed by atoms with van der Waals surface area (Å²) in [6, 6.07) is 10.4. The van der Waals surface area contributed by atoms with E-state index in [1.165, 1.54) is 5.56 Å². The van der Waals surface area contributed by atoms with E-state index in [0.717, 1.165) is 32.2 Å². The summed E-state index contributed by atoms with van der Waals surface area (Å²) in [5, 5.41) is 3.47. The number of carbonyl (C=O) groups is 2. The molecule has 0 unspecified atom stereocenters. The van der Waals surface area contributed by atoms with Gasteiger partial charge in [-0.25, -0.2) is 0 Å². The number of rotatable bonds is 10. The van der Waals surface area contributed by atoms with Crippen LogP contribution in [0.5, 0.6) is 0 Å². The maximum atomic E-state index is 12.2. The first-order valence-corrected chi connectivity index (χ1v) is 10.4. The fraction of sp³-hybridized carbons (Fsp3) is 0.667. The highest BCUT2D eigenvalue weighted by Gasteiger charge is 2.20. The van der Waals surface area contributed by atoms with E-state index >= 15 is 0 Å². The predicted molar refractivity (Wildman–Crippen MR) is 117 cm³/mol. The van der Waals surface area contributed by atoms with Gasteiger partial charge in [-0.05, 0) is 64.1 Å². The molecule has 0 aliphatic rings. The van der Waals surface area contributed by atoms with E-state index in [0.29, 0.717) is 18.3 Å². The molecule has 1 aromatic rings. The molecule has 1 rings (SSSR count). The first-order valence-electron chi connectivity index (χ1n) is 10.4. The minimum absolute atomic E-state index is 0.0951. The zero-order valence-corrected chi connectivity index (χ0v) is 19.0. The van der Waals surface area contributed by atoms with Gasteiger partial charge in [0.2, 0.25) is 0 Å². The number of aldehydes is 1. The molecule has 1 N–H and O–H groups in total. The van der Waals surface area contributed by atoms with Crippen molar-refractivity contribution in [2.45, 2.75) is 73.3 Å². The molecular formula is C24H41NO3. The van der Waals surface area contributed by atoms with Gasteiger partial charge in [0, 0.05) is 12.3 Å². The van der Waals surface area contributed by atoms with Crippen molar-refractivity contribution in [1.29, 1.82) is 0 Å². The van der Waals surface area contributed by atoms with Gasteiger partial charge in [-0.1, -0.05) is 58.0 Å². The van der Waals surface area contributed by atoms with Crippen LogP contribution in [-0.4, -0.2) is 30.9 Å². The van der Waals surface area contributed by atoms with E-state index in [1.54, 1.807) is 0 Å². The van der Waals surface area contributed by atoms with E-state index in [-0.39, 0.29) is 11.9 Å². The first-order chi connectivity index (χ1) is 13.0. The second-order valence-electron chi connectivity index (χ2n) is 9.11. The van der Waals surface area contributed by atoms with Crippen molar-refractivity contribution in [1.82, 2.24) is 5.32 Å². The van der Waals surface area contributed by atoms with Crippen LogP contribution in [0.2, 0.25) is 0 Å². The van der Waals surface area contributed by atoms with Gasteiger partial charge in [0.25, 0.3) is 0 Å². The lowest BCUT2D eigenvalue weighted by atomic mass is 9.93. The van der Waals surface area contributed by atoms with Crippen LogP contribution in [0, 0.1) is 17.8 Å². The second kappa shape index (κ2) is 14.3. The van der Waals surface area contributed by atoms with Crippen LogP contribution >= 0.6 is 0 Å². The SMILES string of the molecule is CC(C)C=O.CC(C)CNCC[C@@H](CC(=O)OC(C)(C)C)Cc1ccccc1. The first kappa shape index (κ1) is 26.3. The van der Waals surface area contributed by atoms with Gasteiger partial charge in [-0.15, -0.1) is 0 Å². The Balaban J connectivity index is 0.00000129. The number of ether oxygens (including phenoxy) is 1. The number of hydrogen-bond acceptors (Lipinski definition) is 4. The molecule has 1 atom stereocenters. The number of benzene rings is 1. The van der Waals surface area contributed by atoms with E-state index in [1.807, 2.05) is 40.7 Å². The topological polar surface area (TPSA) is 55.4 Å². The van der Waals surface area contributed by atoms with Crippen molar-refractivity contribution in [3.8, 4) is 0 Å². The Kier molecular flexibility index (Phi) is 13.5. The van der Waals surface area contributed by atoms with Gasteiger partial charge in [-0.3, -0.25) is 4.79 Å². The van der Waals surface area contributed by atoms with Gasteiger partial charge in [0.05, 0.1) is 0 Å². The summed E-state index contributed by atoms with van der Waals surface area (Å²) >= 11 is 0. The van der Waals surface area contributed by atoms with E-state index < -0.39 is 5.60 Å². The molecule has 0 heterocycles. The van der Waals surface area contributed by atoms with Crippen LogP contribution in [0.15, 0.2) is 30.3 Å². The molecule has 0 aliphatic heterocycles. The van der Waals surface area contributed by atoms with E-state index in [4.69, 9.17) is 4.74 Å². The molecule has 0 aliphatic carbocycles. The van der Waals surface area contributed by atoms with Crippen LogP contribution in [0.1, 0.15) is 66.9 Å². The Hall–Kier alpha value is -1.68. The Morgan fingerprint density at radius 2 is 1.68 bits per heavy atom. The van der Waals surface area contributed by atoms with Crippen molar-refractivity contribution in [3.63, 3.8) is 0 Å². The molecule has 0 radical (unpaired) electrons. The van der Waals surface area contributed by atoms with Crippen LogP contribution in [0.4, 0.5) is 0 Å². The number of hydrogen-bond donors (Lipinski definition) is 1. The minimum atomic E-state index is -0.412. The number of esters is 1. The third-order valence-corrected chi connectivity index (χ3v) is 3.80. The fourth-order valence-electron chi connectivity index (χ4n) is 2.54. The molecule has 0 bridgehead atoms. The van der Waals surface area contributed by atoms with E-state index in [2.05, 4.69) is 43.4 Å². The third-order valence-electron chi connectivity index (χ3n) is 3.80. The molecule has 160 valence electrons. The normalized spacial score (nSPS) is 12.3. The van der Waals surface area contributed by atoms with Gasteiger partial charge in [-0.2, -0.15) is 0 Å². The van der Waals surface area contributed by atoms with Gasteiger partial charge in [0.15, 0.2) is 0 Å². The summed E-state index contributed by atoms with van der Waals surface area (Å²) in [6.45, 7) is 15.8. The molecule has 1 aromatic carbocycles. The molecule has 4 heteroatoms. The van der Waals surface area contributed by atoms with Gasteiger partial charge < -0.3 is 14.8 Å². The lowest BCUT2D eigenvalue weighted by Crippen LogP contribution is -2.27. The summed E-state index contributed by atoms with van der Waals surface area (Å²) in [4.78, 5) is 21.7.